The lowest BCUT2D eigenvalue weighted by Gasteiger charge is -2.32. The fourth-order valence-electron chi connectivity index (χ4n) is 2.79. The van der Waals surface area contributed by atoms with Crippen molar-refractivity contribution in [2.45, 2.75) is 32.4 Å². The quantitative estimate of drug-likeness (QED) is 0.872. The van der Waals surface area contributed by atoms with E-state index in [0.29, 0.717) is 23.0 Å². The third kappa shape index (κ3) is 5.09. The first-order valence-corrected chi connectivity index (χ1v) is 7.62. The molecule has 1 aromatic carbocycles. The number of hydrogen-bond donors (Lipinski definition) is 1. The highest BCUT2D eigenvalue weighted by atomic mass is 35.5. The van der Waals surface area contributed by atoms with Crippen molar-refractivity contribution in [3.63, 3.8) is 0 Å². The molecule has 1 saturated heterocycles. The Balaban J connectivity index is 1.97. The van der Waals surface area contributed by atoms with Crippen molar-refractivity contribution >= 4 is 11.6 Å². The molecule has 6 heteroatoms. The number of piperidine rings is 1. The van der Waals surface area contributed by atoms with Gasteiger partial charge in [-0.1, -0.05) is 11.6 Å². The van der Waals surface area contributed by atoms with Crippen molar-refractivity contribution in [1.29, 1.82) is 0 Å². The number of benzene rings is 1. The SMILES string of the molecule is NCCC1CCN(Cc2cc(Cl)ccc2OC(F)F)CC1. The molecular formula is C15H21ClF2N2O. The lowest BCUT2D eigenvalue weighted by atomic mass is 9.93. The van der Waals surface area contributed by atoms with Gasteiger partial charge in [-0.2, -0.15) is 8.78 Å². The molecule has 2 rings (SSSR count). The number of rotatable bonds is 6. The van der Waals surface area contributed by atoms with Gasteiger partial charge in [0.2, 0.25) is 0 Å². The molecule has 21 heavy (non-hydrogen) atoms. The van der Waals surface area contributed by atoms with Gasteiger partial charge in [-0.25, -0.2) is 0 Å². The predicted molar refractivity (Wildman–Crippen MR) is 79.8 cm³/mol. The minimum atomic E-state index is -2.82. The Morgan fingerprint density at radius 3 is 2.67 bits per heavy atom. The van der Waals surface area contributed by atoms with Crippen molar-refractivity contribution in [2.75, 3.05) is 19.6 Å². The molecule has 1 heterocycles. The zero-order chi connectivity index (χ0) is 15.2. The van der Waals surface area contributed by atoms with Crippen molar-refractivity contribution in [3.05, 3.63) is 28.8 Å². The van der Waals surface area contributed by atoms with Gasteiger partial charge in [-0.3, -0.25) is 4.90 Å². The number of nitrogens with zero attached hydrogens (tertiary/aromatic N) is 1. The van der Waals surface area contributed by atoms with Crippen LogP contribution in [0, 0.1) is 5.92 Å². The summed E-state index contributed by atoms with van der Waals surface area (Å²) in [6.07, 6.45) is 3.26. The molecule has 0 radical (unpaired) electrons. The molecule has 0 aromatic heterocycles. The van der Waals surface area contributed by atoms with Crippen LogP contribution in [0.4, 0.5) is 8.78 Å². The highest BCUT2D eigenvalue weighted by Crippen LogP contribution is 2.28. The van der Waals surface area contributed by atoms with E-state index in [1.807, 2.05) is 0 Å². The van der Waals surface area contributed by atoms with Crippen LogP contribution in [0.1, 0.15) is 24.8 Å². The third-order valence-electron chi connectivity index (χ3n) is 3.91. The molecule has 1 aliphatic heterocycles. The van der Waals surface area contributed by atoms with E-state index >= 15 is 0 Å². The normalized spacial score (nSPS) is 17.4. The Kier molecular flexibility index (Phi) is 6.21. The van der Waals surface area contributed by atoms with Crippen molar-refractivity contribution < 1.29 is 13.5 Å². The van der Waals surface area contributed by atoms with Gasteiger partial charge in [0.1, 0.15) is 5.75 Å². The summed E-state index contributed by atoms with van der Waals surface area (Å²) in [6, 6.07) is 4.77. The predicted octanol–water partition coefficient (Wildman–Crippen LogP) is 3.50. The summed E-state index contributed by atoms with van der Waals surface area (Å²) in [7, 11) is 0. The zero-order valence-electron chi connectivity index (χ0n) is 11.9. The maximum absolute atomic E-state index is 12.4. The molecule has 1 aromatic rings. The summed E-state index contributed by atoms with van der Waals surface area (Å²) in [5, 5.41) is 0.532. The van der Waals surface area contributed by atoms with E-state index < -0.39 is 6.61 Å². The van der Waals surface area contributed by atoms with Crippen molar-refractivity contribution in [3.8, 4) is 5.75 Å². The largest absolute Gasteiger partial charge is 0.434 e. The van der Waals surface area contributed by atoms with Gasteiger partial charge in [0.25, 0.3) is 0 Å². The van der Waals surface area contributed by atoms with Crippen LogP contribution >= 0.6 is 11.6 Å². The molecule has 2 N–H and O–H groups in total. The first kappa shape index (κ1) is 16.5. The van der Waals surface area contributed by atoms with Crippen LogP contribution < -0.4 is 10.5 Å². The van der Waals surface area contributed by atoms with Gasteiger partial charge in [0.15, 0.2) is 0 Å². The molecule has 0 bridgehead atoms. The highest BCUT2D eigenvalue weighted by Gasteiger charge is 2.20. The van der Waals surface area contributed by atoms with E-state index in [0.717, 1.165) is 38.9 Å². The summed E-state index contributed by atoms with van der Waals surface area (Å²) in [4.78, 5) is 2.25. The Labute approximate surface area is 129 Å². The molecular weight excluding hydrogens is 298 g/mol. The minimum absolute atomic E-state index is 0.207. The van der Waals surface area contributed by atoms with E-state index in [-0.39, 0.29) is 5.75 Å². The summed E-state index contributed by atoms with van der Waals surface area (Å²) < 4.78 is 29.4. The zero-order valence-corrected chi connectivity index (χ0v) is 12.7. The van der Waals surface area contributed by atoms with Crippen LogP contribution in [0.25, 0.3) is 0 Å². The summed E-state index contributed by atoms with van der Waals surface area (Å²) in [5.41, 5.74) is 6.29. The average Bonchev–Trinajstić information content (AvgIpc) is 2.44. The van der Waals surface area contributed by atoms with Crippen LogP contribution in [-0.4, -0.2) is 31.1 Å². The fraction of sp³-hybridized carbons (Fsp3) is 0.600. The van der Waals surface area contributed by atoms with E-state index in [9.17, 15) is 8.78 Å². The Bertz CT molecular complexity index is 451. The molecule has 0 aliphatic carbocycles. The number of likely N-dealkylation sites (tertiary alicyclic amines) is 1. The first-order valence-electron chi connectivity index (χ1n) is 7.24. The maximum Gasteiger partial charge on any atom is 0.387 e. The van der Waals surface area contributed by atoms with Crippen molar-refractivity contribution in [2.24, 2.45) is 11.7 Å². The van der Waals surface area contributed by atoms with Crippen LogP contribution in [0.2, 0.25) is 5.02 Å². The monoisotopic (exact) mass is 318 g/mol. The Morgan fingerprint density at radius 1 is 1.33 bits per heavy atom. The average molecular weight is 319 g/mol. The number of ether oxygens (including phenoxy) is 1. The molecule has 0 amide bonds. The Hall–Kier alpha value is -0.910. The minimum Gasteiger partial charge on any atom is -0.434 e. The van der Waals surface area contributed by atoms with Crippen LogP contribution in [-0.2, 0) is 6.54 Å². The van der Waals surface area contributed by atoms with Crippen LogP contribution in [0.3, 0.4) is 0 Å². The molecule has 0 spiro atoms. The lowest BCUT2D eigenvalue weighted by Crippen LogP contribution is -2.34. The standard InChI is InChI=1S/C15H21ClF2N2O/c16-13-1-2-14(21-15(17)18)12(9-13)10-20-7-4-11(3-6-19)5-8-20/h1-2,9,11,15H,3-8,10,19H2. The van der Waals surface area contributed by atoms with E-state index in [1.54, 1.807) is 12.1 Å². The second-order valence-corrected chi connectivity index (χ2v) is 5.86. The highest BCUT2D eigenvalue weighted by molar-refractivity contribution is 6.30. The first-order chi connectivity index (χ1) is 10.1. The Morgan fingerprint density at radius 2 is 2.05 bits per heavy atom. The molecule has 1 fully saturated rings. The van der Waals surface area contributed by atoms with Gasteiger partial charge >= 0.3 is 6.61 Å². The molecule has 0 unspecified atom stereocenters. The number of hydrogen-bond acceptors (Lipinski definition) is 3. The molecule has 118 valence electrons. The molecule has 3 nitrogen and oxygen atoms in total. The van der Waals surface area contributed by atoms with Gasteiger partial charge in [-0.15, -0.1) is 0 Å². The van der Waals surface area contributed by atoms with E-state index in [2.05, 4.69) is 9.64 Å². The van der Waals surface area contributed by atoms with Crippen LogP contribution in [0.15, 0.2) is 18.2 Å². The summed E-state index contributed by atoms with van der Waals surface area (Å²) in [6.45, 7) is 0.389. The topological polar surface area (TPSA) is 38.5 Å². The van der Waals surface area contributed by atoms with Gasteiger partial charge < -0.3 is 10.5 Å². The summed E-state index contributed by atoms with van der Waals surface area (Å²) in [5.74, 6) is 0.890. The molecule has 0 atom stereocenters. The van der Waals surface area contributed by atoms with Gasteiger partial charge in [0.05, 0.1) is 0 Å². The number of nitrogens with two attached hydrogens (primary N) is 1. The second-order valence-electron chi connectivity index (χ2n) is 5.43. The maximum atomic E-state index is 12.4. The van der Waals surface area contributed by atoms with Gasteiger partial charge in [0, 0.05) is 17.1 Å². The van der Waals surface area contributed by atoms with Crippen molar-refractivity contribution in [1.82, 2.24) is 4.90 Å². The van der Waals surface area contributed by atoms with E-state index in [4.69, 9.17) is 17.3 Å². The van der Waals surface area contributed by atoms with E-state index in [1.165, 1.54) is 6.07 Å². The fourth-order valence-corrected chi connectivity index (χ4v) is 2.99. The lowest BCUT2D eigenvalue weighted by molar-refractivity contribution is -0.0508. The third-order valence-corrected chi connectivity index (χ3v) is 4.15. The van der Waals surface area contributed by atoms with Gasteiger partial charge in [-0.05, 0) is 63.0 Å². The smallest absolute Gasteiger partial charge is 0.387 e. The molecule has 0 saturated carbocycles. The molecule has 1 aliphatic rings. The number of alkyl halides is 2. The summed E-state index contributed by atoms with van der Waals surface area (Å²) >= 11 is 5.96. The second kappa shape index (κ2) is 7.92. The van der Waals surface area contributed by atoms with Crippen LogP contribution in [0.5, 0.6) is 5.75 Å². The number of halogens is 3.